The number of carbonyl (C=O) groups excluding carboxylic acids is 1. The van der Waals surface area contributed by atoms with Crippen LogP contribution in [0.2, 0.25) is 0 Å². The van der Waals surface area contributed by atoms with Crippen LogP contribution in [-0.4, -0.2) is 26.4 Å². The Morgan fingerprint density at radius 1 is 1.23 bits per heavy atom. The number of methoxy groups -OCH3 is 1. The lowest BCUT2D eigenvalue weighted by Gasteiger charge is -2.11. The van der Waals surface area contributed by atoms with Crippen molar-refractivity contribution in [1.29, 1.82) is 0 Å². The number of halogens is 1. The highest BCUT2D eigenvalue weighted by Gasteiger charge is 2.23. The fourth-order valence-electron chi connectivity index (χ4n) is 2.07. The van der Waals surface area contributed by atoms with E-state index in [1.807, 2.05) is 4.72 Å². The minimum atomic E-state index is -4.32. The standard InChI is InChI=1S/C15H14FN3O6S/c1-9(20)17-10-3-5-12(16)13(7-10)18-26(23,24)11-4-6-15(25-2)14(8-11)19(21)22/h3-8,18H,1-2H3,(H,17,20). The van der Waals surface area contributed by atoms with Gasteiger partial charge in [-0.25, -0.2) is 12.8 Å². The number of nitro benzene ring substituents is 1. The molecule has 0 aromatic heterocycles. The Morgan fingerprint density at radius 3 is 2.50 bits per heavy atom. The number of hydrogen-bond donors (Lipinski definition) is 2. The van der Waals surface area contributed by atoms with Crippen molar-refractivity contribution >= 4 is 33.0 Å². The van der Waals surface area contributed by atoms with E-state index in [1.165, 1.54) is 20.1 Å². The lowest BCUT2D eigenvalue weighted by molar-refractivity contribution is -0.386. The summed E-state index contributed by atoms with van der Waals surface area (Å²) in [6, 6.07) is 6.33. The van der Waals surface area contributed by atoms with Gasteiger partial charge in [-0.1, -0.05) is 0 Å². The van der Waals surface area contributed by atoms with Gasteiger partial charge in [0.25, 0.3) is 10.0 Å². The van der Waals surface area contributed by atoms with E-state index in [4.69, 9.17) is 4.74 Å². The Kier molecular flexibility index (Phi) is 5.41. The van der Waals surface area contributed by atoms with Gasteiger partial charge in [0.05, 0.1) is 22.6 Å². The van der Waals surface area contributed by atoms with Crippen LogP contribution in [0.25, 0.3) is 0 Å². The number of carbonyl (C=O) groups is 1. The van der Waals surface area contributed by atoms with E-state index in [1.54, 1.807) is 0 Å². The summed E-state index contributed by atoms with van der Waals surface area (Å²) in [6.45, 7) is 1.24. The molecule has 9 nitrogen and oxygen atoms in total. The van der Waals surface area contributed by atoms with E-state index in [2.05, 4.69) is 5.32 Å². The Hall–Kier alpha value is -3.21. The summed E-state index contributed by atoms with van der Waals surface area (Å²) in [7, 11) is -3.12. The van der Waals surface area contributed by atoms with Gasteiger partial charge in [0, 0.05) is 18.7 Å². The molecule has 0 aliphatic heterocycles. The summed E-state index contributed by atoms with van der Waals surface area (Å²) in [5.74, 6) is -1.42. The maximum Gasteiger partial charge on any atom is 0.312 e. The third-order valence-electron chi connectivity index (χ3n) is 3.19. The average molecular weight is 383 g/mol. The third-order valence-corrected chi connectivity index (χ3v) is 4.55. The van der Waals surface area contributed by atoms with Crippen molar-refractivity contribution in [3.8, 4) is 5.75 Å². The first-order valence-electron chi connectivity index (χ1n) is 7.06. The molecule has 0 fully saturated rings. The highest BCUT2D eigenvalue weighted by atomic mass is 32.2. The molecule has 0 radical (unpaired) electrons. The van der Waals surface area contributed by atoms with Crippen LogP contribution in [0.1, 0.15) is 6.92 Å². The quantitative estimate of drug-likeness (QED) is 0.583. The number of hydrogen-bond acceptors (Lipinski definition) is 6. The molecule has 1 amide bonds. The Labute approximate surface area is 148 Å². The number of nitro groups is 1. The number of nitrogens with zero attached hydrogens (tertiary/aromatic N) is 1. The molecule has 2 rings (SSSR count). The van der Waals surface area contributed by atoms with Gasteiger partial charge in [0.1, 0.15) is 5.82 Å². The van der Waals surface area contributed by atoms with Crippen molar-refractivity contribution in [3.63, 3.8) is 0 Å². The maximum atomic E-state index is 13.9. The topological polar surface area (TPSA) is 128 Å². The van der Waals surface area contributed by atoms with Crippen LogP contribution >= 0.6 is 0 Å². The zero-order valence-electron chi connectivity index (χ0n) is 13.6. The lowest BCUT2D eigenvalue weighted by Crippen LogP contribution is -2.15. The SMILES string of the molecule is COc1ccc(S(=O)(=O)Nc2cc(NC(C)=O)ccc2F)cc1[N+](=O)[O-]. The van der Waals surface area contributed by atoms with Crippen LogP contribution < -0.4 is 14.8 Å². The number of amides is 1. The number of anilines is 2. The number of ether oxygens (including phenoxy) is 1. The number of sulfonamides is 1. The number of nitrogens with one attached hydrogen (secondary N) is 2. The zero-order chi connectivity index (χ0) is 19.5. The Morgan fingerprint density at radius 2 is 1.92 bits per heavy atom. The number of benzene rings is 2. The molecule has 2 aromatic carbocycles. The van der Waals surface area contributed by atoms with Crippen molar-refractivity contribution in [3.05, 3.63) is 52.3 Å². The van der Waals surface area contributed by atoms with Crippen LogP contribution in [0.4, 0.5) is 21.5 Å². The predicted molar refractivity (Wildman–Crippen MR) is 91.2 cm³/mol. The minimum absolute atomic E-state index is 0.118. The van der Waals surface area contributed by atoms with Gasteiger partial charge in [0.15, 0.2) is 5.75 Å². The lowest BCUT2D eigenvalue weighted by atomic mass is 10.2. The van der Waals surface area contributed by atoms with Crippen molar-refractivity contribution in [1.82, 2.24) is 0 Å². The second-order valence-electron chi connectivity index (χ2n) is 5.07. The van der Waals surface area contributed by atoms with Crippen molar-refractivity contribution in [2.75, 3.05) is 17.1 Å². The van der Waals surface area contributed by atoms with E-state index in [0.717, 1.165) is 30.3 Å². The van der Waals surface area contributed by atoms with E-state index >= 15 is 0 Å². The molecule has 26 heavy (non-hydrogen) atoms. The molecule has 0 unspecified atom stereocenters. The molecule has 0 bridgehead atoms. The molecular formula is C15H14FN3O6S. The van der Waals surface area contributed by atoms with Crippen LogP contribution in [0, 0.1) is 15.9 Å². The monoisotopic (exact) mass is 383 g/mol. The zero-order valence-corrected chi connectivity index (χ0v) is 14.5. The summed E-state index contributed by atoms with van der Waals surface area (Å²) in [5, 5.41) is 13.4. The summed E-state index contributed by atoms with van der Waals surface area (Å²) >= 11 is 0. The van der Waals surface area contributed by atoms with Gasteiger partial charge in [-0.05, 0) is 30.3 Å². The largest absolute Gasteiger partial charge is 0.490 e. The first-order valence-corrected chi connectivity index (χ1v) is 8.55. The third kappa shape index (κ3) is 4.25. The maximum absolute atomic E-state index is 13.9. The molecule has 2 aromatic rings. The van der Waals surface area contributed by atoms with Crippen LogP contribution in [-0.2, 0) is 14.8 Å². The first kappa shape index (κ1) is 19.1. The minimum Gasteiger partial charge on any atom is -0.490 e. The fourth-order valence-corrected chi connectivity index (χ4v) is 3.15. The van der Waals surface area contributed by atoms with Crippen LogP contribution in [0.5, 0.6) is 5.75 Å². The Bertz CT molecular complexity index is 977. The summed E-state index contributed by atoms with van der Waals surface area (Å²) in [6.07, 6.45) is 0. The molecule has 0 saturated carbocycles. The predicted octanol–water partition coefficient (Wildman–Crippen LogP) is 2.50. The summed E-state index contributed by atoms with van der Waals surface area (Å²) in [4.78, 5) is 20.8. The highest BCUT2D eigenvalue weighted by molar-refractivity contribution is 7.92. The summed E-state index contributed by atoms with van der Waals surface area (Å²) < 4.78 is 45.6. The normalized spacial score (nSPS) is 10.9. The van der Waals surface area contributed by atoms with E-state index in [0.29, 0.717) is 0 Å². The van der Waals surface area contributed by atoms with E-state index in [-0.39, 0.29) is 11.4 Å². The second-order valence-corrected chi connectivity index (χ2v) is 6.75. The molecule has 0 heterocycles. The van der Waals surface area contributed by atoms with Crippen LogP contribution in [0.15, 0.2) is 41.3 Å². The van der Waals surface area contributed by atoms with Gasteiger partial charge < -0.3 is 10.1 Å². The van der Waals surface area contributed by atoms with Gasteiger partial charge in [-0.2, -0.15) is 0 Å². The van der Waals surface area contributed by atoms with Crippen molar-refractivity contribution in [2.45, 2.75) is 11.8 Å². The molecule has 0 atom stereocenters. The number of rotatable bonds is 6. The van der Waals surface area contributed by atoms with Gasteiger partial charge in [-0.3, -0.25) is 19.6 Å². The molecule has 0 saturated heterocycles. The second kappa shape index (κ2) is 7.35. The van der Waals surface area contributed by atoms with Gasteiger partial charge >= 0.3 is 5.69 Å². The highest BCUT2D eigenvalue weighted by Crippen LogP contribution is 2.30. The molecule has 11 heteroatoms. The fraction of sp³-hybridized carbons (Fsp3) is 0.133. The van der Waals surface area contributed by atoms with Crippen LogP contribution in [0.3, 0.4) is 0 Å². The molecule has 0 aliphatic carbocycles. The summed E-state index contributed by atoms with van der Waals surface area (Å²) in [5.41, 5.74) is -0.796. The molecule has 0 spiro atoms. The van der Waals surface area contributed by atoms with Gasteiger partial charge in [0.2, 0.25) is 5.91 Å². The molecular weight excluding hydrogens is 369 g/mol. The Balaban J connectivity index is 2.42. The average Bonchev–Trinajstić information content (AvgIpc) is 2.56. The van der Waals surface area contributed by atoms with Gasteiger partial charge in [-0.15, -0.1) is 0 Å². The smallest absolute Gasteiger partial charge is 0.312 e. The van der Waals surface area contributed by atoms with E-state index < -0.39 is 42.9 Å². The van der Waals surface area contributed by atoms with Crippen molar-refractivity contribution in [2.24, 2.45) is 0 Å². The van der Waals surface area contributed by atoms with E-state index in [9.17, 15) is 27.7 Å². The van der Waals surface area contributed by atoms with Crippen molar-refractivity contribution < 1.29 is 27.3 Å². The molecule has 2 N–H and O–H groups in total. The molecule has 0 aliphatic rings. The first-order chi connectivity index (χ1) is 12.1. The molecule has 138 valence electrons.